The highest BCUT2D eigenvalue weighted by Gasteiger charge is 2.22. The Hall–Kier alpha value is -2.15. The van der Waals surface area contributed by atoms with Gasteiger partial charge in [0, 0.05) is 46.3 Å². The molecule has 0 saturated carbocycles. The maximum atomic E-state index is 13.3. The van der Waals surface area contributed by atoms with Gasteiger partial charge in [0.05, 0.1) is 31.1 Å². The largest absolute Gasteiger partial charge is 0.493 e. The van der Waals surface area contributed by atoms with Crippen molar-refractivity contribution in [1.29, 1.82) is 0 Å². The second kappa shape index (κ2) is 6.78. The van der Waals surface area contributed by atoms with E-state index >= 15 is 0 Å². The van der Waals surface area contributed by atoms with E-state index < -0.39 is 10.8 Å². The van der Waals surface area contributed by atoms with Crippen LogP contribution in [-0.4, -0.2) is 24.5 Å². The Morgan fingerprint density at radius 2 is 2.04 bits per heavy atom. The van der Waals surface area contributed by atoms with Crippen molar-refractivity contribution in [2.45, 2.75) is 35.8 Å². The van der Waals surface area contributed by atoms with E-state index in [1.54, 1.807) is 7.11 Å². The number of nitrogens with one attached hydrogen (secondary N) is 1. The number of hydrogen-bond acceptors (Lipinski definition) is 5. The Morgan fingerprint density at radius 1 is 1.11 bits per heavy atom. The fourth-order valence-corrected chi connectivity index (χ4v) is 5.05. The molecule has 0 spiro atoms. The molecule has 0 amide bonds. The molecule has 3 heterocycles. The van der Waals surface area contributed by atoms with Crippen LogP contribution in [0.2, 0.25) is 0 Å². The molecule has 1 atom stereocenters. The zero-order valence-electron chi connectivity index (χ0n) is 15.2. The van der Waals surface area contributed by atoms with E-state index in [1.807, 2.05) is 24.3 Å². The zero-order chi connectivity index (χ0) is 18.4. The Kier molecular flexibility index (Phi) is 4.27. The molecule has 3 aromatic rings. The molecule has 2 aliphatic rings. The first-order valence-corrected chi connectivity index (χ1v) is 10.3. The monoisotopic (exact) mass is 383 g/mol. The van der Waals surface area contributed by atoms with E-state index in [-0.39, 0.29) is 0 Å². The maximum absolute atomic E-state index is 13.3. The lowest BCUT2D eigenvalue weighted by atomic mass is 10.0. The Balaban J connectivity index is 1.61. The molecule has 5 rings (SSSR count). The molecular formula is C21H21NO4S. The van der Waals surface area contributed by atoms with Crippen LogP contribution < -0.4 is 10.1 Å². The molecule has 0 fully saturated rings. The first-order chi connectivity index (χ1) is 13.2. The van der Waals surface area contributed by atoms with Gasteiger partial charge in [-0.1, -0.05) is 6.07 Å². The van der Waals surface area contributed by atoms with Crippen LogP contribution in [0.1, 0.15) is 22.5 Å². The van der Waals surface area contributed by atoms with Gasteiger partial charge >= 0.3 is 0 Å². The van der Waals surface area contributed by atoms with Crippen LogP contribution in [0, 0.1) is 0 Å². The van der Waals surface area contributed by atoms with Crippen molar-refractivity contribution in [3.63, 3.8) is 0 Å². The standard InChI is InChI=1S/C21H21NO4S/c1-24-20-10-16(9-17-18-11-22-6-4-19(18)26-21(17)20)27(23)15-3-2-14-12-25-7-5-13(14)8-15/h2-3,8-10,22H,4-7,11-12H2,1H3. The molecular weight excluding hydrogens is 362 g/mol. The highest BCUT2D eigenvalue weighted by molar-refractivity contribution is 7.85. The number of ether oxygens (including phenoxy) is 2. The molecule has 1 aromatic heterocycles. The first kappa shape index (κ1) is 17.0. The lowest BCUT2D eigenvalue weighted by Gasteiger charge is -2.17. The molecule has 0 saturated heterocycles. The van der Waals surface area contributed by atoms with Crippen molar-refractivity contribution >= 4 is 21.8 Å². The smallest absolute Gasteiger partial charge is 0.176 e. The molecule has 27 heavy (non-hydrogen) atoms. The van der Waals surface area contributed by atoms with Gasteiger partial charge in [-0.05, 0) is 35.7 Å². The number of rotatable bonds is 3. The molecule has 6 heteroatoms. The second-order valence-electron chi connectivity index (χ2n) is 6.93. The number of furan rings is 1. The van der Waals surface area contributed by atoms with Gasteiger partial charge in [0.2, 0.25) is 0 Å². The van der Waals surface area contributed by atoms with Crippen molar-refractivity contribution in [3.8, 4) is 5.75 Å². The predicted octanol–water partition coefficient (Wildman–Crippen LogP) is 3.33. The minimum Gasteiger partial charge on any atom is -0.493 e. The molecule has 0 bridgehead atoms. The molecule has 0 radical (unpaired) electrons. The van der Waals surface area contributed by atoms with Crippen molar-refractivity contribution in [1.82, 2.24) is 5.32 Å². The Morgan fingerprint density at radius 3 is 2.93 bits per heavy atom. The molecule has 0 aliphatic carbocycles. The van der Waals surface area contributed by atoms with Crippen molar-refractivity contribution < 1.29 is 18.1 Å². The highest BCUT2D eigenvalue weighted by Crippen LogP contribution is 2.37. The van der Waals surface area contributed by atoms with Crippen molar-refractivity contribution in [2.75, 3.05) is 20.3 Å². The van der Waals surface area contributed by atoms with E-state index in [2.05, 4.69) is 11.4 Å². The van der Waals surface area contributed by atoms with Gasteiger partial charge in [0.15, 0.2) is 11.3 Å². The van der Waals surface area contributed by atoms with E-state index in [1.165, 1.54) is 11.1 Å². The summed E-state index contributed by atoms with van der Waals surface area (Å²) >= 11 is 0. The number of benzene rings is 2. The van der Waals surface area contributed by atoms with Crippen LogP contribution in [0.25, 0.3) is 11.0 Å². The van der Waals surface area contributed by atoms with E-state index in [4.69, 9.17) is 13.9 Å². The van der Waals surface area contributed by atoms with Crippen LogP contribution in [0.4, 0.5) is 0 Å². The molecule has 5 nitrogen and oxygen atoms in total. The first-order valence-electron chi connectivity index (χ1n) is 9.19. The second-order valence-corrected chi connectivity index (χ2v) is 8.41. The lowest BCUT2D eigenvalue weighted by molar-refractivity contribution is 0.110. The van der Waals surface area contributed by atoms with Crippen molar-refractivity contribution in [3.05, 3.63) is 52.8 Å². The van der Waals surface area contributed by atoms with Crippen LogP contribution in [-0.2, 0) is 41.5 Å². The maximum Gasteiger partial charge on any atom is 0.176 e. The average molecular weight is 383 g/mol. The summed E-state index contributed by atoms with van der Waals surface area (Å²) in [6, 6.07) is 9.85. The van der Waals surface area contributed by atoms with Crippen LogP contribution in [0.5, 0.6) is 5.75 Å². The van der Waals surface area contributed by atoms with Gasteiger partial charge in [0.25, 0.3) is 0 Å². The van der Waals surface area contributed by atoms with Crippen LogP contribution >= 0.6 is 0 Å². The van der Waals surface area contributed by atoms with E-state index in [0.717, 1.165) is 64.6 Å². The van der Waals surface area contributed by atoms with E-state index in [9.17, 15) is 4.21 Å². The van der Waals surface area contributed by atoms with Gasteiger partial charge in [-0.3, -0.25) is 0 Å². The van der Waals surface area contributed by atoms with Gasteiger partial charge in [0.1, 0.15) is 5.76 Å². The van der Waals surface area contributed by atoms with Crippen LogP contribution in [0.15, 0.2) is 44.5 Å². The van der Waals surface area contributed by atoms with Gasteiger partial charge in [-0.2, -0.15) is 0 Å². The normalized spacial score (nSPS) is 17.4. The third-order valence-corrected chi connectivity index (χ3v) is 6.69. The summed E-state index contributed by atoms with van der Waals surface area (Å²) in [6.07, 6.45) is 1.72. The van der Waals surface area contributed by atoms with Crippen LogP contribution in [0.3, 0.4) is 0 Å². The summed E-state index contributed by atoms with van der Waals surface area (Å²) in [5.41, 5.74) is 4.31. The van der Waals surface area contributed by atoms with E-state index in [0.29, 0.717) is 12.4 Å². The number of fused-ring (bicyclic) bond motifs is 4. The molecule has 2 aromatic carbocycles. The summed E-state index contributed by atoms with van der Waals surface area (Å²) in [4.78, 5) is 1.55. The fourth-order valence-electron chi connectivity index (χ4n) is 3.90. The van der Waals surface area contributed by atoms with Crippen molar-refractivity contribution in [2.24, 2.45) is 0 Å². The summed E-state index contributed by atoms with van der Waals surface area (Å²) in [7, 11) is 0.345. The minimum atomic E-state index is -1.28. The highest BCUT2D eigenvalue weighted by atomic mass is 32.2. The minimum absolute atomic E-state index is 0.635. The number of hydrogen-bond donors (Lipinski definition) is 1. The average Bonchev–Trinajstić information content (AvgIpc) is 3.11. The third kappa shape index (κ3) is 2.88. The molecule has 140 valence electrons. The Bertz CT molecular complexity index is 1060. The summed E-state index contributed by atoms with van der Waals surface area (Å²) in [6.45, 7) is 3.03. The molecule has 1 N–H and O–H groups in total. The third-order valence-electron chi connectivity index (χ3n) is 5.35. The molecule has 1 unspecified atom stereocenters. The topological polar surface area (TPSA) is 60.7 Å². The fraction of sp³-hybridized carbons (Fsp3) is 0.333. The zero-order valence-corrected chi connectivity index (χ0v) is 16.0. The summed E-state index contributed by atoms with van der Waals surface area (Å²) in [5.74, 6) is 1.63. The lowest BCUT2D eigenvalue weighted by Crippen LogP contribution is -2.22. The SMILES string of the molecule is COc1cc(S(=O)c2ccc3c(c2)CCOC3)cc2c3c(oc12)CCNC3. The van der Waals surface area contributed by atoms with Gasteiger partial charge < -0.3 is 19.2 Å². The molecule has 2 aliphatic heterocycles. The van der Waals surface area contributed by atoms with Gasteiger partial charge in [-0.15, -0.1) is 0 Å². The summed E-state index contributed by atoms with van der Waals surface area (Å²) in [5, 5.41) is 4.37. The predicted molar refractivity (Wildman–Crippen MR) is 103 cm³/mol. The summed E-state index contributed by atoms with van der Waals surface area (Å²) < 4.78 is 30.4. The number of methoxy groups -OCH3 is 1. The quantitative estimate of drug-likeness (QED) is 0.752. The van der Waals surface area contributed by atoms with Gasteiger partial charge in [-0.25, -0.2) is 4.21 Å². The Labute approximate surface area is 160 Å².